The van der Waals surface area contributed by atoms with Crippen molar-refractivity contribution in [3.05, 3.63) is 36.3 Å². The Hall–Kier alpha value is -1.72. The van der Waals surface area contributed by atoms with Crippen LogP contribution in [0.3, 0.4) is 0 Å². The standard InChI is InChI=1S/C19H23FN2O2/c20-15-1-2-17-18(11-15)21-7-3-19(17)22-8-4-16(5-9-22)24-13-14-6-10-23-12-14/h1-3,7,11,14,16H,4-6,8-10,12-13H2. The molecular formula is C19H23FN2O2. The number of aromatic nitrogens is 1. The molecule has 128 valence electrons. The molecular weight excluding hydrogens is 307 g/mol. The first-order valence-corrected chi connectivity index (χ1v) is 8.78. The number of ether oxygens (including phenoxy) is 2. The van der Waals surface area contributed by atoms with Gasteiger partial charge in [-0.25, -0.2) is 4.39 Å². The molecule has 2 fully saturated rings. The number of rotatable bonds is 4. The lowest BCUT2D eigenvalue weighted by molar-refractivity contribution is 0.0132. The summed E-state index contributed by atoms with van der Waals surface area (Å²) in [7, 11) is 0. The minimum Gasteiger partial charge on any atom is -0.381 e. The Morgan fingerprint density at radius 2 is 2.08 bits per heavy atom. The first-order chi connectivity index (χ1) is 11.8. The van der Waals surface area contributed by atoms with Gasteiger partial charge in [-0.2, -0.15) is 0 Å². The topological polar surface area (TPSA) is 34.6 Å². The largest absolute Gasteiger partial charge is 0.381 e. The quantitative estimate of drug-likeness (QED) is 0.861. The van der Waals surface area contributed by atoms with Crippen molar-refractivity contribution in [2.45, 2.75) is 25.4 Å². The van der Waals surface area contributed by atoms with E-state index in [1.54, 1.807) is 6.20 Å². The van der Waals surface area contributed by atoms with Crippen LogP contribution in [0, 0.1) is 11.7 Å². The summed E-state index contributed by atoms with van der Waals surface area (Å²) in [5, 5.41) is 1.02. The number of benzene rings is 1. The Morgan fingerprint density at radius 1 is 1.21 bits per heavy atom. The third kappa shape index (κ3) is 3.37. The van der Waals surface area contributed by atoms with Gasteiger partial charge in [0, 0.05) is 49.0 Å². The van der Waals surface area contributed by atoms with Gasteiger partial charge >= 0.3 is 0 Å². The Balaban J connectivity index is 1.39. The average molecular weight is 330 g/mol. The molecule has 4 nitrogen and oxygen atoms in total. The van der Waals surface area contributed by atoms with Crippen LogP contribution in [0.5, 0.6) is 0 Å². The SMILES string of the molecule is Fc1ccc2c(N3CCC(OCC4CCOC4)CC3)ccnc2c1. The van der Waals surface area contributed by atoms with Gasteiger partial charge in [0.05, 0.1) is 24.8 Å². The molecule has 0 spiro atoms. The van der Waals surface area contributed by atoms with Crippen LogP contribution >= 0.6 is 0 Å². The molecule has 1 aromatic heterocycles. The molecule has 2 saturated heterocycles. The average Bonchev–Trinajstić information content (AvgIpc) is 3.13. The van der Waals surface area contributed by atoms with Crippen molar-refractivity contribution < 1.29 is 13.9 Å². The molecule has 0 radical (unpaired) electrons. The van der Waals surface area contributed by atoms with Gasteiger partial charge in [-0.05, 0) is 37.5 Å². The molecule has 0 aliphatic carbocycles. The van der Waals surface area contributed by atoms with Crippen LogP contribution in [0.15, 0.2) is 30.5 Å². The second-order valence-corrected chi connectivity index (χ2v) is 6.74. The van der Waals surface area contributed by atoms with Crippen molar-refractivity contribution >= 4 is 16.6 Å². The Morgan fingerprint density at radius 3 is 2.88 bits per heavy atom. The van der Waals surface area contributed by atoms with Crippen LogP contribution in [-0.4, -0.2) is 44.0 Å². The van der Waals surface area contributed by atoms with Crippen molar-refractivity contribution in [1.29, 1.82) is 0 Å². The zero-order valence-electron chi connectivity index (χ0n) is 13.8. The lowest BCUT2D eigenvalue weighted by Gasteiger charge is -2.34. The number of nitrogens with zero attached hydrogens (tertiary/aromatic N) is 2. The molecule has 0 bridgehead atoms. The van der Waals surface area contributed by atoms with E-state index in [9.17, 15) is 4.39 Å². The molecule has 24 heavy (non-hydrogen) atoms. The minimum atomic E-state index is -0.241. The molecule has 1 unspecified atom stereocenters. The maximum absolute atomic E-state index is 13.4. The lowest BCUT2D eigenvalue weighted by atomic mass is 10.0. The van der Waals surface area contributed by atoms with Gasteiger partial charge in [-0.3, -0.25) is 4.98 Å². The predicted octanol–water partition coefficient (Wildman–Crippen LogP) is 3.40. The third-order valence-electron chi connectivity index (χ3n) is 5.06. The van der Waals surface area contributed by atoms with Gasteiger partial charge in [0.1, 0.15) is 5.82 Å². The molecule has 1 atom stereocenters. The maximum Gasteiger partial charge on any atom is 0.125 e. The smallest absolute Gasteiger partial charge is 0.125 e. The van der Waals surface area contributed by atoms with E-state index in [-0.39, 0.29) is 5.82 Å². The van der Waals surface area contributed by atoms with E-state index in [0.717, 1.165) is 63.2 Å². The first kappa shape index (κ1) is 15.8. The molecule has 5 heteroatoms. The highest BCUT2D eigenvalue weighted by atomic mass is 19.1. The predicted molar refractivity (Wildman–Crippen MR) is 91.8 cm³/mol. The zero-order chi connectivity index (χ0) is 16.4. The van der Waals surface area contributed by atoms with Gasteiger partial charge in [-0.15, -0.1) is 0 Å². The number of halogens is 1. The summed E-state index contributed by atoms with van der Waals surface area (Å²) in [6.45, 7) is 4.47. The summed E-state index contributed by atoms with van der Waals surface area (Å²) in [6, 6.07) is 6.86. The van der Waals surface area contributed by atoms with Crippen molar-refractivity contribution in [3.63, 3.8) is 0 Å². The van der Waals surface area contributed by atoms with Crippen molar-refractivity contribution in [3.8, 4) is 0 Å². The number of hydrogen-bond acceptors (Lipinski definition) is 4. The van der Waals surface area contributed by atoms with Crippen LogP contribution in [-0.2, 0) is 9.47 Å². The Kier molecular flexibility index (Phi) is 4.63. The summed E-state index contributed by atoms with van der Waals surface area (Å²) in [4.78, 5) is 6.64. The van der Waals surface area contributed by atoms with Crippen LogP contribution < -0.4 is 4.90 Å². The van der Waals surface area contributed by atoms with E-state index < -0.39 is 0 Å². The van der Waals surface area contributed by atoms with Gasteiger partial charge < -0.3 is 14.4 Å². The van der Waals surface area contributed by atoms with E-state index in [0.29, 0.717) is 17.5 Å². The van der Waals surface area contributed by atoms with Crippen LogP contribution in [0.4, 0.5) is 10.1 Å². The third-order valence-corrected chi connectivity index (χ3v) is 5.06. The van der Waals surface area contributed by atoms with E-state index in [1.165, 1.54) is 12.1 Å². The van der Waals surface area contributed by atoms with Gasteiger partial charge in [0.25, 0.3) is 0 Å². The van der Waals surface area contributed by atoms with Crippen molar-refractivity contribution in [2.75, 3.05) is 37.8 Å². The Bertz CT molecular complexity index is 695. The fourth-order valence-electron chi connectivity index (χ4n) is 3.63. The molecule has 2 aliphatic heterocycles. The van der Waals surface area contributed by atoms with Crippen molar-refractivity contribution in [2.24, 2.45) is 5.92 Å². The molecule has 0 saturated carbocycles. The van der Waals surface area contributed by atoms with Crippen LogP contribution in [0.1, 0.15) is 19.3 Å². The molecule has 0 amide bonds. The maximum atomic E-state index is 13.4. The molecule has 3 heterocycles. The number of anilines is 1. The summed E-state index contributed by atoms with van der Waals surface area (Å²) in [6.07, 6.45) is 5.28. The van der Waals surface area contributed by atoms with Gasteiger partial charge in [-0.1, -0.05) is 0 Å². The number of pyridine rings is 1. The van der Waals surface area contributed by atoms with Gasteiger partial charge in [0.15, 0.2) is 0 Å². The van der Waals surface area contributed by atoms with E-state index in [1.807, 2.05) is 12.1 Å². The number of piperidine rings is 1. The fourth-order valence-corrected chi connectivity index (χ4v) is 3.63. The highest BCUT2D eigenvalue weighted by Crippen LogP contribution is 2.29. The van der Waals surface area contributed by atoms with Gasteiger partial charge in [0.2, 0.25) is 0 Å². The highest BCUT2D eigenvalue weighted by Gasteiger charge is 2.23. The molecule has 0 N–H and O–H groups in total. The van der Waals surface area contributed by atoms with Crippen LogP contribution in [0.25, 0.3) is 10.9 Å². The number of fused-ring (bicyclic) bond motifs is 1. The lowest BCUT2D eigenvalue weighted by Crippen LogP contribution is -2.37. The molecule has 2 aliphatic rings. The van der Waals surface area contributed by atoms with E-state index in [4.69, 9.17) is 9.47 Å². The number of hydrogen-bond donors (Lipinski definition) is 0. The fraction of sp³-hybridized carbons (Fsp3) is 0.526. The highest BCUT2D eigenvalue weighted by molar-refractivity contribution is 5.91. The normalized spacial score (nSPS) is 22.4. The molecule has 4 rings (SSSR count). The van der Waals surface area contributed by atoms with Crippen molar-refractivity contribution in [1.82, 2.24) is 4.98 Å². The second kappa shape index (κ2) is 7.03. The summed E-state index contributed by atoms with van der Waals surface area (Å²) in [5.41, 5.74) is 1.86. The second-order valence-electron chi connectivity index (χ2n) is 6.74. The monoisotopic (exact) mass is 330 g/mol. The Labute approximate surface area is 141 Å². The zero-order valence-corrected chi connectivity index (χ0v) is 13.8. The minimum absolute atomic E-state index is 0.241. The summed E-state index contributed by atoms with van der Waals surface area (Å²) < 4.78 is 24.9. The summed E-state index contributed by atoms with van der Waals surface area (Å²) in [5.74, 6) is 0.331. The molecule has 1 aromatic carbocycles. The molecule has 2 aromatic rings. The van der Waals surface area contributed by atoms with E-state index in [2.05, 4.69) is 9.88 Å². The summed E-state index contributed by atoms with van der Waals surface area (Å²) >= 11 is 0. The van der Waals surface area contributed by atoms with Crippen LogP contribution in [0.2, 0.25) is 0 Å². The first-order valence-electron chi connectivity index (χ1n) is 8.78. The van der Waals surface area contributed by atoms with E-state index >= 15 is 0 Å².